The summed E-state index contributed by atoms with van der Waals surface area (Å²) < 4.78 is 12.7. The van der Waals surface area contributed by atoms with E-state index < -0.39 is 5.60 Å². The van der Waals surface area contributed by atoms with Crippen LogP contribution in [0.25, 0.3) is 0 Å². The van der Waals surface area contributed by atoms with Crippen molar-refractivity contribution in [3.8, 4) is 0 Å². The molecule has 0 aromatic rings. The highest BCUT2D eigenvalue weighted by molar-refractivity contribution is 5.46. The van der Waals surface area contributed by atoms with Gasteiger partial charge in [-0.3, -0.25) is 0 Å². The van der Waals surface area contributed by atoms with Crippen LogP contribution in [0.15, 0.2) is 23.8 Å². The summed E-state index contributed by atoms with van der Waals surface area (Å²) in [6.45, 7) is 26.4. The van der Waals surface area contributed by atoms with Gasteiger partial charge >= 0.3 is 0 Å². The van der Waals surface area contributed by atoms with E-state index in [1.54, 1.807) is 12.7 Å². The Morgan fingerprint density at radius 1 is 1.13 bits per heavy atom. The van der Waals surface area contributed by atoms with E-state index in [1.165, 1.54) is 38.5 Å². The van der Waals surface area contributed by atoms with Crippen LogP contribution in [-0.2, 0) is 9.47 Å². The summed E-state index contributed by atoms with van der Waals surface area (Å²) in [4.78, 5) is 0. The van der Waals surface area contributed by atoms with Crippen LogP contribution < -0.4 is 0 Å². The molecule has 5 aliphatic carbocycles. The molecule has 0 aliphatic heterocycles. The monoisotopic (exact) mass is 526 g/mol. The normalized spacial score (nSPS) is 51.2. The molecule has 0 aromatic heterocycles. The van der Waals surface area contributed by atoms with Crippen molar-refractivity contribution in [3.63, 3.8) is 0 Å². The van der Waals surface area contributed by atoms with Crippen molar-refractivity contribution in [3.05, 3.63) is 23.8 Å². The van der Waals surface area contributed by atoms with Gasteiger partial charge in [-0.2, -0.15) is 0 Å². The van der Waals surface area contributed by atoms with E-state index in [1.807, 2.05) is 6.92 Å². The van der Waals surface area contributed by atoms with Gasteiger partial charge in [0.15, 0.2) is 0 Å². The number of hydrogen-bond acceptors (Lipinski definition) is 3. The van der Waals surface area contributed by atoms with Crippen molar-refractivity contribution >= 4 is 0 Å². The Morgan fingerprint density at radius 2 is 1.82 bits per heavy atom. The first-order valence-electron chi connectivity index (χ1n) is 15.7. The predicted molar refractivity (Wildman–Crippen MR) is 157 cm³/mol. The summed E-state index contributed by atoms with van der Waals surface area (Å²) >= 11 is 0. The molecule has 1 spiro atoms. The third-order valence-corrected chi connectivity index (χ3v) is 13.4. The van der Waals surface area contributed by atoms with Gasteiger partial charge in [0.25, 0.3) is 0 Å². The van der Waals surface area contributed by atoms with E-state index in [-0.39, 0.29) is 29.0 Å². The van der Waals surface area contributed by atoms with Crippen molar-refractivity contribution in [2.45, 2.75) is 131 Å². The Morgan fingerprint density at radius 3 is 2.42 bits per heavy atom. The number of hydrogen-bond donors (Lipinski definition) is 1. The molecule has 4 saturated carbocycles. The zero-order valence-electron chi connectivity index (χ0n) is 26.4. The van der Waals surface area contributed by atoms with Crippen LogP contribution in [0.4, 0.5) is 0 Å². The molecule has 4 fully saturated rings. The lowest BCUT2D eigenvalue weighted by atomic mass is 9.40. The molecule has 216 valence electrons. The van der Waals surface area contributed by atoms with E-state index in [4.69, 9.17) is 9.47 Å². The first kappa shape index (κ1) is 28.9. The van der Waals surface area contributed by atoms with Crippen molar-refractivity contribution in [1.82, 2.24) is 0 Å². The molecule has 0 amide bonds. The van der Waals surface area contributed by atoms with Crippen LogP contribution >= 0.6 is 0 Å². The van der Waals surface area contributed by atoms with E-state index in [2.05, 4.69) is 68.0 Å². The SMILES string of the molecule is C=C(C)COC1C(OC)CC2(O)C(C)C23C2=CCC4(C)CC(C)(CC(C)C)CCC4(C)C2CCC3C1(C)C. The number of methoxy groups -OCH3 is 1. The average Bonchev–Trinajstić information content (AvgIpc) is 3.28. The Bertz CT molecular complexity index is 995. The molecule has 1 N–H and O–H groups in total. The zero-order chi connectivity index (χ0) is 28.1. The van der Waals surface area contributed by atoms with Gasteiger partial charge in [-0.05, 0) is 97.2 Å². The van der Waals surface area contributed by atoms with Crippen molar-refractivity contribution in [2.24, 2.45) is 50.7 Å². The fourth-order valence-electron chi connectivity index (χ4n) is 11.7. The van der Waals surface area contributed by atoms with Gasteiger partial charge in [-0.1, -0.05) is 79.2 Å². The molecular weight excluding hydrogens is 468 g/mol. The molecule has 3 nitrogen and oxygen atoms in total. The van der Waals surface area contributed by atoms with E-state index in [0.717, 1.165) is 17.9 Å². The van der Waals surface area contributed by atoms with Crippen LogP contribution in [0.3, 0.4) is 0 Å². The average molecular weight is 527 g/mol. The molecule has 5 rings (SSSR count). The summed E-state index contributed by atoms with van der Waals surface area (Å²) in [6.07, 6.45) is 12.0. The third kappa shape index (κ3) is 3.69. The molecule has 3 heteroatoms. The highest BCUT2D eigenvalue weighted by Gasteiger charge is 2.84. The van der Waals surface area contributed by atoms with Gasteiger partial charge in [0.1, 0.15) is 0 Å². The number of ether oxygens (including phenoxy) is 2. The smallest absolute Gasteiger partial charge is 0.0895 e. The van der Waals surface area contributed by atoms with Crippen LogP contribution in [0.2, 0.25) is 0 Å². The van der Waals surface area contributed by atoms with Crippen LogP contribution in [0, 0.1) is 50.7 Å². The molecule has 0 heterocycles. The maximum atomic E-state index is 12.6. The molecule has 0 saturated heterocycles. The Labute approximate surface area is 234 Å². The number of allylic oxidation sites excluding steroid dienone is 1. The maximum Gasteiger partial charge on any atom is 0.0895 e. The number of fused-ring (bicyclic) bond motifs is 3. The number of rotatable bonds is 6. The van der Waals surface area contributed by atoms with Gasteiger partial charge in [0.05, 0.1) is 24.4 Å². The fraction of sp³-hybridized carbons (Fsp3) is 0.886. The first-order valence-corrected chi connectivity index (χ1v) is 15.7. The molecule has 0 aromatic carbocycles. The molecular formula is C35H58O3. The topological polar surface area (TPSA) is 38.7 Å². The standard InChI is InChI=1S/C35H58O3/c1-22(2)18-31(8)16-17-33(10)25-12-13-28-30(6,7)29(38-20-23(3)4)27(37-11)19-34(36)24(5)35(28,34)26(25)14-15-32(33,9)21-31/h14,22,24-25,27-29,36H,3,12-13,15-21H2,1-2,4-11H3. The highest BCUT2D eigenvalue weighted by atomic mass is 16.5. The zero-order valence-corrected chi connectivity index (χ0v) is 26.4. The highest BCUT2D eigenvalue weighted by Crippen LogP contribution is 2.82. The lowest BCUT2D eigenvalue weighted by molar-refractivity contribution is -0.138. The van der Waals surface area contributed by atoms with E-state index >= 15 is 0 Å². The van der Waals surface area contributed by atoms with Crippen molar-refractivity contribution in [2.75, 3.05) is 13.7 Å². The predicted octanol–water partition coefficient (Wildman–Crippen LogP) is 8.37. The van der Waals surface area contributed by atoms with Crippen LogP contribution in [0.1, 0.15) is 114 Å². The van der Waals surface area contributed by atoms with Gasteiger partial charge in [0.2, 0.25) is 0 Å². The summed E-state index contributed by atoms with van der Waals surface area (Å²) in [5, 5.41) is 12.6. The molecule has 10 unspecified atom stereocenters. The summed E-state index contributed by atoms with van der Waals surface area (Å²) in [6, 6.07) is 0. The second-order valence-electron chi connectivity index (χ2n) is 16.6. The molecule has 0 radical (unpaired) electrons. The largest absolute Gasteiger partial charge is 0.389 e. The molecule has 10 atom stereocenters. The molecule has 38 heavy (non-hydrogen) atoms. The van der Waals surface area contributed by atoms with Crippen LogP contribution in [0.5, 0.6) is 0 Å². The molecule has 0 bridgehead atoms. The van der Waals surface area contributed by atoms with E-state index in [0.29, 0.717) is 41.1 Å². The second-order valence-corrected chi connectivity index (χ2v) is 16.6. The number of aliphatic hydroxyl groups is 1. The quantitative estimate of drug-likeness (QED) is 0.353. The minimum absolute atomic E-state index is 0.0527. The Kier molecular flexibility index (Phi) is 6.78. The van der Waals surface area contributed by atoms with Gasteiger partial charge in [-0.15, -0.1) is 0 Å². The summed E-state index contributed by atoms with van der Waals surface area (Å²) in [5.74, 6) is 1.97. The van der Waals surface area contributed by atoms with E-state index in [9.17, 15) is 5.11 Å². The lowest BCUT2D eigenvalue weighted by Gasteiger charge is -2.65. The first-order chi connectivity index (χ1) is 17.5. The minimum Gasteiger partial charge on any atom is -0.389 e. The lowest BCUT2D eigenvalue weighted by Crippen LogP contribution is -2.57. The summed E-state index contributed by atoms with van der Waals surface area (Å²) in [7, 11) is 1.81. The minimum atomic E-state index is -0.716. The van der Waals surface area contributed by atoms with Crippen LogP contribution in [-0.4, -0.2) is 36.6 Å². The summed E-state index contributed by atoms with van der Waals surface area (Å²) in [5.41, 5.74) is 2.75. The molecule has 5 aliphatic rings. The van der Waals surface area contributed by atoms with Gasteiger partial charge in [0, 0.05) is 18.9 Å². The maximum absolute atomic E-state index is 12.6. The third-order valence-electron chi connectivity index (χ3n) is 13.4. The van der Waals surface area contributed by atoms with Gasteiger partial charge in [-0.25, -0.2) is 0 Å². The van der Waals surface area contributed by atoms with Gasteiger partial charge < -0.3 is 14.6 Å². The van der Waals surface area contributed by atoms with Crippen molar-refractivity contribution < 1.29 is 14.6 Å². The fourth-order valence-corrected chi connectivity index (χ4v) is 11.7. The Hall–Kier alpha value is -0.640. The Balaban J connectivity index is 1.56. The second kappa shape index (κ2) is 8.93. The van der Waals surface area contributed by atoms with Crippen molar-refractivity contribution in [1.29, 1.82) is 0 Å².